The number of thioether (sulfide) groups is 1. The van der Waals surface area contributed by atoms with Crippen LogP contribution in [0.15, 0.2) is 0 Å². The molecule has 4 nitrogen and oxygen atoms in total. The van der Waals surface area contributed by atoms with E-state index in [0.717, 1.165) is 17.9 Å². The van der Waals surface area contributed by atoms with Gasteiger partial charge in [0.15, 0.2) is 0 Å². The Balaban J connectivity index is 2.76. The number of hydrogen-bond donors (Lipinski definition) is 2. The lowest BCUT2D eigenvalue weighted by Crippen LogP contribution is -2.15. The topological polar surface area (TPSA) is 63.8 Å². The van der Waals surface area contributed by atoms with E-state index in [1.807, 2.05) is 25.6 Å². The average Bonchev–Trinajstić information content (AvgIpc) is 2.20. The zero-order valence-corrected chi connectivity index (χ0v) is 10.5. The molecule has 0 amide bonds. The third kappa shape index (κ3) is 3.27. The summed E-state index contributed by atoms with van der Waals surface area (Å²) in [5, 5.41) is 3.85. The standard InChI is InChI=1S/C10H18N4S/c1-6(15-4)5-12-10-7(2)9(11)13-8(3)14-10/h6H,5H2,1-4H3,(H3,11,12,13,14). The molecular formula is C10H18N4S. The summed E-state index contributed by atoms with van der Waals surface area (Å²) in [6.45, 7) is 6.84. The fourth-order valence-corrected chi connectivity index (χ4v) is 1.40. The van der Waals surface area contributed by atoms with Crippen LogP contribution in [0, 0.1) is 13.8 Å². The minimum Gasteiger partial charge on any atom is -0.383 e. The summed E-state index contributed by atoms with van der Waals surface area (Å²) < 4.78 is 0. The molecule has 0 aliphatic heterocycles. The molecule has 84 valence electrons. The van der Waals surface area contributed by atoms with Gasteiger partial charge in [-0.1, -0.05) is 6.92 Å². The number of nitrogens with one attached hydrogen (secondary N) is 1. The maximum Gasteiger partial charge on any atom is 0.134 e. The number of hydrogen-bond acceptors (Lipinski definition) is 5. The summed E-state index contributed by atoms with van der Waals surface area (Å²) in [4.78, 5) is 8.43. The highest BCUT2D eigenvalue weighted by atomic mass is 32.2. The van der Waals surface area contributed by atoms with Gasteiger partial charge in [-0.3, -0.25) is 0 Å². The first-order chi connectivity index (χ1) is 7.04. The van der Waals surface area contributed by atoms with Crippen molar-refractivity contribution in [3.05, 3.63) is 11.4 Å². The Kier molecular flexibility index (Phi) is 4.20. The molecule has 1 heterocycles. The Morgan fingerprint density at radius 2 is 2.07 bits per heavy atom. The Hall–Kier alpha value is -0.970. The molecule has 0 spiro atoms. The van der Waals surface area contributed by atoms with E-state index in [1.54, 1.807) is 0 Å². The summed E-state index contributed by atoms with van der Waals surface area (Å²) in [6, 6.07) is 0. The van der Waals surface area contributed by atoms with Crippen LogP contribution in [0.1, 0.15) is 18.3 Å². The second-order valence-electron chi connectivity index (χ2n) is 3.56. The van der Waals surface area contributed by atoms with Crippen LogP contribution in [0.4, 0.5) is 11.6 Å². The van der Waals surface area contributed by atoms with Crippen LogP contribution in [0.5, 0.6) is 0 Å². The predicted octanol–water partition coefficient (Wildman–Crippen LogP) is 1.84. The quantitative estimate of drug-likeness (QED) is 0.820. The largest absolute Gasteiger partial charge is 0.383 e. The van der Waals surface area contributed by atoms with Crippen LogP contribution >= 0.6 is 11.8 Å². The molecule has 3 N–H and O–H groups in total. The molecule has 0 aliphatic carbocycles. The third-order valence-electron chi connectivity index (χ3n) is 2.25. The molecule has 0 bridgehead atoms. The van der Waals surface area contributed by atoms with Gasteiger partial charge in [0.25, 0.3) is 0 Å². The molecule has 5 heteroatoms. The molecule has 1 aromatic rings. The minimum atomic E-state index is 0.556. The first kappa shape index (κ1) is 12.1. The maximum absolute atomic E-state index is 5.76. The van der Waals surface area contributed by atoms with Crippen LogP contribution < -0.4 is 11.1 Å². The van der Waals surface area contributed by atoms with Crippen molar-refractivity contribution < 1.29 is 0 Å². The van der Waals surface area contributed by atoms with Gasteiger partial charge in [-0.25, -0.2) is 9.97 Å². The Morgan fingerprint density at radius 3 is 2.67 bits per heavy atom. The van der Waals surface area contributed by atoms with Crippen molar-refractivity contribution in [2.24, 2.45) is 0 Å². The van der Waals surface area contributed by atoms with Crippen molar-refractivity contribution in [2.45, 2.75) is 26.0 Å². The van der Waals surface area contributed by atoms with Crippen molar-refractivity contribution in [1.29, 1.82) is 0 Å². The molecule has 0 saturated carbocycles. The smallest absolute Gasteiger partial charge is 0.134 e. The van der Waals surface area contributed by atoms with Gasteiger partial charge in [0.05, 0.1) is 0 Å². The highest BCUT2D eigenvalue weighted by Gasteiger charge is 2.07. The molecule has 15 heavy (non-hydrogen) atoms. The minimum absolute atomic E-state index is 0.556. The third-order valence-corrected chi connectivity index (χ3v) is 3.23. The predicted molar refractivity (Wildman–Crippen MR) is 67.4 cm³/mol. The first-order valence-electron chi connectivity index (χ1n) is 4.92. The van der Waals surface area contributed by atoms with Crippen molar-refractivity contribution in [2.75, 3.05) is 23.9 Å². The fourth-order valence-electron chi connectivity index (χ4n) is 1.15. The summed E-state index contributed by atoms with van der Waals surface area (Å²) in [6.07, 6.45) is 2.10. The van der Waals surface area contributed by atoms with E-state index >= 15 is 0 Å². The summed E-state index contributed by atoms with van der Waals surface area (Å²) in [5.41, 5.74) is 6.69. The van der Waals surface area contributed by atoms with Crippen LogP contribution in [0.3, 0.4) is 0 Å². The molecule has 0 radical (unpaired) electrons. The van der Waals surface area contributed by atoms with Gasteiger partial charge in [-0.05, 0) is 20.1 Å². The molecule has 1 unspecified atom stereocenters. The highest BCUT2D eigenvalue weighted by molar-refractivity contribution is 7.99. The lowest BCUT2D eigenvalue weighted by Gasteiger charge is -2.13. The number of aryl methyl sites for hydroxylation is 1. The van der Waals surface area contributed by atoms with Crippen LogP contribution in [0.2, 0.25) is 0 Å². The molecular weight excluding hydrogens is 208 g/mol. The monoisotopic (exact) mass is 226 g/mol. The lowest BCUT2D eigenvalue weighted by atomic mass is 10.3. The number of aromatic nitrogens is 2. The summed E-state index contributed by atoms with van der Waals surface area (Å²) in [7, 11) is 0. The van der Waals surface area contributed by atoms with E-state index in [9.17, 15) is 0 Å². The van der Waals surface area contributed by atoms with Crippen molar-refractivity contribution in [3.63, 3.8) is 0 Å². The molecule has 1 aromatic heterocycles. The van der Waals surface area contributed by atoms with Gasteiger partial charge in [-0.15, -0.1) is 0 Å². The van der Waals surface area contributed by atoms with Gasteiger partial charge in [0.2, 0.25) is 0 Å². The van der Waals surface area contributed by atoms with E-state index < -0.39 is 0 Å². The number of anilines is 2. The van der Waals surface area contributed by atoms with E-state index in [2.05, 4.69) is 28.5 Å². The van der Waals surface area contributed by atoms with Crippen molar-refractivity contribution in [1.82, 2.24) is 9.97 Å². The number of rotatable bonds is 4. The zero-order chi connectivity index (χ0) is 11.4. The molecule has 0 saturated heterocycles. The fraction of sp³-hybridized carbons (Fsp3) is 0.600. The van der Waals surface area contributed by atoms with Crippen LogP contribution in [-0.2, 0) is 0 Å². The Bertz CT molecular complexity index is 340. The summed E-state index contributed by atoms with van der Waals surface area (Å²) >= 11 is 1.82. The van der Waals surface area contributed by atoms with E-state index in [0.29, 0.717) is 16.9 Å². The van der Waals surface area contributed by atoms with Gasteiger partial charge < -0.3 is 11.1 Å². The second-order valence-corrected chi connectivity index (χ2v) is 4.83. The zero-order valence-electron chi connectivity index (χ0n) is 9.66. The maximum atomic E-state index is 5.76. The van der Waals surface area contributed by atoms with Crippen LogP contribution in [0.25, 0.3) is 0 Å². The van der Waals surface area contributed by atoms with Gasteiger partial charge in [0, 0.05) is 17.4 Å². The molecule has 0 fully saturated rings. The number of nitrogen functional groups attached to an aromatic ring is 1. The second kappa shape index (κ2) is 5.21. The van der Waals surface area contributed by atoms with Gasteiger partial charge in [0.1, 0.15) is 17.5 Å². The normalized spacial score (nSPS) is 12.5. The van der Waals surface area contributed by atoms with E-state index in [-0.39, 0.29) is 0 Å². The van der Waals surface area contributed by atoms with Crippen molar-refractivity contribution in [3.8, 4) is 0 Å². The van der Waals surface area contributed by atoms with Crippen LogP contribution in [-0.4, -0.2) is 28.0 Å². The van der Waals surface area contributed by atoms with Gasteiger partial charge >= 0.3 is 0 Å². The van der Waals surface area contributed by atoms with Gasteiger partial charge in [-0.2, -0.15) is 11.8 Å². The average molecular weight is 226 g/mol. The van der Waals surface area contributed by atoms with E-state index in [1.165, 1.54) is 0 Å². The SMILES string of the molecule is CSC(C)CNc1nc(C)nc(N)c1C. The number of nitrogens with zero attached hydrogens (tertiary/aromatic N) is 2. The first-order valence-corrected chi connectivity index (χ1v) is 6.20. The molecule has 0 aliphatic rings. The van der Waals surface area contributed by atoms with Crippen molar-refractivity contribution >= 4 is 23.4 Å². The lowest BCUT2D eigenvalue weighted by molar-refractivity contribution is 0.965. The Morgan fingerprint density at radius 1 is 1.40 bits per heavy atom. The number of nitrogens with two attached hydrogens (primary N) is 1. The summed E-state index contributed by atoms with van der Waals surface area (Å²) in [5.74, 6) is 2.11. The highest BCUT2D eigenvalue weighted by Crippen LogP contribution is 2.17. The van der Waals surface area contributed by atoms with E-state index in [4.69, 9.17) is 5.73 Å². The molecule has 0 aromatic carbocycles. The Labute approximate surface area is 95.1 Å². The molecule has 1 atom stereocenters. The molecule has 1 rings (SSSR count).